The summed E-state index contributed by atoms with van der Waals surface area (Å²) in [5, 5.41) is 2.86. The van der Waals surface area contributed by atoms with Gasteiger partial charge in [-0.25, -0.2) is 4.39 Å². The van der Waals surface area contributed by atoms with Gasteiger partial charge in [0, 0.05) is 32.4 Å². The molecule has 1 fully saturated rings. The van der Waals surface area contributed by atoms with Crippen molar-refractivity contribution >= 4 is 36.4 Å². The van der Waals surface area contributed by atoms with Crippen molar-refractivity contribution < 1.29 is 13.9 Å². The van der Waals surface area contributed by atoms with Gasteiger partial charge in [-0.15, -0.1) is 24.8 Å². The smallest absolute Gasteiger partial charge is 0.239 e. The second-order valence-corrected chi connectivity index (χ2v) is 5.38. The third kappa shape index (κ3) is 6.51. The normalized spacial score (nSPS) is 17.9. The molecule has 1 aliphatic rings. The molecule has 0 aliphatic carbocycles. The Hall–Kier alpha value is -1.08. The van der Waals surface area contributed by atoms with Gasteiger partial charge in [-0.05, 0) is 36.6 Å². The molecule has 23 heavy (non-hydrogen) atoms. The number of nitrogens with two attached hydrogens (primary N) is 1. The Bertz CT molecular complexity index is 476. The standard InChI is InChI=1S/C15H22FN3O2.2ClH/c1-21-10-14(17)15(20)18-8-11-6-7-19(9-11)13-4-2-12(16)3-5-13;;/h2-5,11,14H,6-10,17H2,1H3,(H,18,20);2*1H. The number of nitrogens with one attached hydrogen (secondary N) is 1. The Balaban J connectivity index is 0.00000242. The first kappa shape index (κ1) is 21.9. The molecule has 1 saturated heterocycles. The molecular weight excluding hydrogens is 344 g/mol. The third-order valence-corrected chi connectivity index (χ3v) is 3.73. The van der Waals surface area contributed by atoms with Crippen molar-refractivity contribution in [2.75, 3.05) is 38.3 Å². The molecule has 2 unspecified atom stereocenters. The number of carbonyl (C=O) groups is 1. The highest BCUT2D eigenvalue weighted by atomic mass is 35.5. The van der Waals surface area contributed by atoms with Crippen molar-refractivity contribution in [2.24, 2.45) is 11.7 Å². The number of nitrogens with zero attached hydrogens (tertiary/aromatic N) is 1. The second kappa shape index (κ2) is 10.6. The fraction of sp³-hybridized carbons (Fsp3) is 0.533. The molecule has 0 aromatic heterocycles. The number of rotatable bonds is 6. The van der Waals surface area contributed by atoms with Crippen LogP contribution in [0.4, 0.5) is 10.1 Å². The van der Waals surface area contributed by atoms with E-state index >= 15 is 0 Å². The molecule has 1 aromatic carbocycles. The summed E-state index contributed by atoms with van der Waals surface area (Å²) in [6, 6.07) is 5.88. The number of carbonyl (C=O) groups excluding carboxylic acids is 1. The van der Waals surface area contributed by atoms with Gasteiger partial charge in [-0.2, -0.15) is 0 Å². The van der Waals surface area contributed by atoms with E-state index in [0.29, 0.717) is 12.5 Å². The number of hydrogen-bond acceptors (Lipinski definition) is 4. The van der Waals surface area contributed by atoms with Crippen LogP contribution in [0, 0.1) is 11.7 Å². The molecule has 1 aromatic rings. The summed E-state index contributed by atoms with van der Waals surface area (Å²) < 4.78 is 17.8. The van der Waals surface area contributed by atoms with Crippen LogP contribution in [-0.2, 0) is 9.53 Å². The summed E-state index contributed by atoms with van der Waals surface area (Å²) in [5.41, 5.74) is 6.68. The zero-order valence-electron chi connectivity index (χ0n) is 13.0. The third-order valence-electron chi connectivity index (χ3n) is 3.73. The van der Waals surface area contributed by atoms with Gasteiger partial charge in [0.25, 0.3) is 0 Å². The van der Waals surface area contributed by atoms with Gasteiger partial charge < -0.3 is 20.7 Å². The molecule has 1 amide bonds. The lowest BCUT2D eigenvalue weighted by atomic mass is 10.1. The molecule has 132 valence electrons. The highest BCUT2D eigenvalue weighted by Crippen LogP contribution is 2.23. The lowest BCUT2D eigenvalue weighted by molar-refractivity contribution is -0.123. The van der Waals surface area contributed by atoms with E-state index in [1.165, 1.54) is 19.2 Å². The van der Waals surface area contributed by atoms with E-state index in [9.17, 15) is 9.18 Å². The van der Waals surface area contributed by atoms with Gasteiger partial charge >= 0.3 is 0 Å². The number of halogens is 3. The van der Waals surface area contributed by atoms with Crippen molar-refractivity contribution in [3.05, 3.63) is 30.1 Å². The van der Waals surface area contributed by atoms with Crippen LogP contribution in [-0.4, -0.2) is 45.3 Å². The minimum atomic E-state index is -0.621. The van der Waals surface area contributed by atoms with Crippen LogP contribution < -0.4 is 16.0 Å². The topological polar surface area (TPSA) is 67.6 Å². The molecule has 0 radical (unpaired) electrons. The molecular formula is C15H24Cl2FN3O2. The van der Waals surface area contributed by atoms with Gasteiger partial charge in [0.1, 0.15) is 11.9 Å². The second-order valence-electron chi connectivity index (χ2n) is 5.38. The van der Waals surface area contributed by atoms with Gasteiger partial charge in [-0.3, -0.25) is 4.79 Å². The van der Waals surface area contributed by atoms with Crippen LogP contribution in [0.5, 0.6) is 0 Å². The Morgan fingerprint density at radius 2 is 2.09 bits per heavy atom. The van der Waals surface area contributed by atoms with Crippen LogP contribution in [0.25, 0.3) is 0 Å². The summed E-state index contributed by atoms with van der Waals surface area (Å²) in [6.07, 6.45) is 0.997. The quantitative estimate of drug-likeness (QED) is 0.800. The van der Waals surface area contributed by atoms with Gasteiger partial charge in [-0.1, -0.05) is 0 Å². The highest BCUT2D eigenvalue weighted by Gasteiger charge is 2.24. The summed E-state index contributed by atoms with van der Waals surface area (Å²) in [4.78, 5) is 13.9. The van der Waals surface area contributed by atoms with Crippen LogP contribution in [0.15, 0.2) is 24.3 Å². The van der Waals surface area contributed by atoms with Crippen molar-refractivity contribution in [3.8, 4) is 0 Å². The van der Waals surface area contributed by atoms with E-state index in [2.05, 4.69) is 10.2 Å². The number of benzene rings is 1. The predicted molar refractivity (Wildman–Crippen MR) is 94.1 cm³/mol. The molecule has 0 saturated carbocycles. The van der Waals surface area contributed by atoms with Crippen molar-refractivity contribution in [3.63, 3.8) is 0 Å². The van der Waals surface area contributed by atoms with Crippen molar-refractivity contribution in [2.45, 2.75) is 12.5 Å². The molecule has 3 N–H and O–H groups in total. The Labute approximate surface area is 148 Å². The highest BCUT2D eigenvalue weighted by molar-refractivity contribution is 5.85. The maximum Gasteiger partial charge on any atom is 0.239 e. The van der Waals surface area contributed by atoms with Crippen LogP contribution in [0.3, 0.4) is 0 Å². The molecule has 1 heterocycles. The molecule has 2 atom stereocenters. The molecule has 2 rings (SSSR count). The maximum absolute atomic E-state index is 12.9. The van der Waals surface area contributed by atoms with E-state index in [1.54, 1.807) is 12.1 Å². The van der Waals surface area contributed by atoms with Gasteiger partial charge in [0.15, 0.2) is 0 Å². The lowest BCUT2D eigenvalue weighted by Gasteiger charge is -2.19. The average Bonchev–Trinajstić information content (AvgIpc) is 2.94. The Kier molecular flexibility index (Phi) is 10.1. The van der Waals surface area contributed by atoms with Crippen LogP contribution in [0.2, 0.25) is 0 Å². The fourth-order valence-corrected chi connectivity index (χ4v) is 2.52. The molecule has 0 bridgehead atoms. The van der Waals surface area contributed by atoms with E-state index in [-0.39, 0.29) is 43.1 Å². The number of ether oxygens (including phenoxy) is 1. The minimum Gasteiger partial charge on any atom is -0.383 e. The number of amides is 1. The molecule has 5 nitrogen and oxygen atoms in total. The van der Waals surface area contributed by atoms with E-state index < -0.39 is 6.04 Å². The zero-order chi connectivity index (χ0) is 15.2. The van der Waals surface area contributed by atoms with E-state index in [4.69, 9.17) is 10.5 Å². The molecule has 1 aliphatic heterocycles. The summed E-state index contributed by atoms with van der Waals surface area (Å²) in [6.45, 7) is 2.59. The average molecular weight is 368 g/mol. The van der Waals surface area contributed by atoms with E-state index in [1.807, 2.05) is 0 Å². The van der Waals surface area contributed by atoms with Crippen molar-refractivity contribution in [1.29, 1.82) is 0 Å². The van der Waals surface area contributed by atoms with Crippen LogP contribution >= 0.6 is 24.8 Å². The monoisotopic (exact) mass is 367 g/mol. The maximum atomic E-state index is 12.9. The number of anilines is 1. The minimum absolute atomic E-state index is 0. The molecule has 0 spiro atoms. The van der Waals surface area contributed by atoms with Crippen LogP contribution in [0.1, 0.15) is 6.42 Å². The largest absolute Gasteiger partial charge is 0.383 e. The summed E-state index contributed by atoms with van der Waals surface area (Å²) in [7, 11) is 1.52. The SMILES string of the molecule is COCC(N)C(=O)NCC1CCN(c2ccc(F)cc2)C1.Cl.Cl. The van der Waals surface area contributed by atoms with E-state index in [0.717, 1.165) is 25.2 Å². The number of hydrogen-bond donors (Lipinski definition) is 2. The Morgan fingerprint density at radius 3 is 2.70 bits per heavy atom. The zero-order valence-corrected chi connectivity index (χ0v) is 14.7. The first-order chi connectivity index (χ1) is 10.1. The van der Waals surface area contributed by atoms with Gasteiger partial charge in [0.2, 0.25) is 5.91 Å². The molecule has 8 heteroatoms. The lowest BCUT2D eigenvalue weighted by Crippen LogP contribution is -2.45. The van der Waals surface area contributed by atoms with Crippen molar-refractivity contribution in [1.82, 2.24) is 5.32 Å². The number of methoxy groups -OCH3 is 1. The first-order valence-electron chi connectivity index (χ1n) is 7.13. The first-order valence-corrected chi connectivity index (χ1v) is 7.13. The van der Waals surface area contributed by atoms with Gasteiger partial charge in [0.05, 0.1) is 6.61 Å². The predicted octanol–water partition coefficient (Wildman–Crippen LogP) is 1.59. The Morgan fingerprint density at radius 1 is 1.43 bits per heavy atom. The summed E-state index contributed by atoms with van der Waals surface area (Å²) in [5.74, 6) is -0.0280. The summed E-state index contributed by atoms with van der Waals surface area (Å²) >= 11 is 0. The fourth-order valence-electron chi connectivity index (χ4n) is 2.52.